The molecule has 2 N–H and O–H groups in total. The van der Waals surface area contributed by atoms with Crippen molar-refractivity contribution in [2.45, 2.75) is 115 Å². The van der Waals surface area contributed by atoms with Crippen LogP contribution in [-0.4, -0.2) is 64.6 Å². The topological polar surface area (TPSA) is 98.8 Å². The number of carbonyl (C=O) groups excluding carboxylic acids is 4. The summed E-state index contributed by atoms with van der Waals surface area (Å²) in [6.07, 6.45) is 11.3. The molecule has 6 rings (SSSR count). The molecule has 0 aromatic heterocycles. The Kier molecular flexibility index (Phi) is 8.60. The molecule has 6 atom stereocenters. The minimum absolute atomic E-state index is 0.0514. The van der Waals surface area contributed by atoms with Crippen molar-refractivity contribution in [2.75, 3.05) is 13.1 Å². The third kappa shape index (κ3) is 5.70. The predicted octanol–water partition coefficient (Wildman–Crippen LogP) is 4.13. The zero-order chi connectivity index (χ0) is 29.4. The normalized spacial score (nSPS) is 28.9. The van der Waals surface area contributed by atoms with Crippen molar-refractivity contribution >= 4 is 23.6 Å². The number of fused-ring (bicyclic) bond motifs is 2. The lowest BCUT2D eigenvalue weighted by molar-refractivity contribution is -0.141. The summed E-state index contributed by atoms with van der Waals surface area (Å²) in [7, 11) is 0. The summed E-state index contributed by atoms with van der Waals surface area (Å²) in [5.41, 5.74) is 2.47. The Bertz CT molecular complexity index is 1190. The third-order valence-electron chi connectivity index (χ3n) is 10.9. The summed E-state index contributed by atoms with van der Waals surface area (Å²) in [6.45, 7) is 4.78. The van der Waals surface area contributed by atoms with Crippen LogP contribution < -0.4 is 10.6 Å². The Morgan fingerprint density at radius 2 is 1.69 bits per heavy atom. The quantitative estimate of drug-likeness (QED) is 0.486. The molecule has 8 nitrogen and oxygen atoms in total. The van der Waals surface area contributed by atoms with Gasteiger partial charge in [-0.05, 0) is 74.8 Å². The van der Waals surface area contributed by atoms with Gasteiger partial charge in [-0.25, -0.2) is 0 Å². The number of aryl methyl sites for hydroxylation is 1. The average molecular weight is 577 g/mol. The number of rotatable bonds is 8. The first kappa shape index (κ1) is 29.2. The van der Waals surface area contributed by atoms with Crippen LogP contribution in [0, 0.1) is 23.7 Å². The van der Waals surface area contributed by atoms with E-state index < -0.39 is 12.0 Å². The zero-order valence-electron chi connectivity index (χ0n) is 25.4. The van der Waals surface area contributed by atoms with Gasteiger partial charge in [0.25, 0.3) is 0 Å². The van der Waals surface area contributed by atoms with Crippen molar-refractivity contribution in [1.82, 2.24) is 20.4 Å². The van der Waals surface area contributed by atoms with Crippen molar-refractivity contribution in [3.05, 3.63) is 35.4 Å². The molecule has 3 aliphatic carbocycles. The molecule has 2 saturated carbocycles. The largest absolute Gasteiger partial charge is 0.349 e. The van der Waals surface area contributed by atoms with E-state index in [1.807, 2.05) is 29.7 Å². The smallest absolute Gasteiger partial charge is 0.245 e. The maximum absolute atomic E-state index is 14.5. The second kappa shape index (κ2) is 12.4. The summed E-state index contributed by atoms with van der Waals surface area (Å²) < 4.78 is 0. The van der Waals surface area contributed by atoms with Crippen LogP contribution in [0.25, 0.3) is 0 Å². The lowest BCUT2D eigenvalue weighted by Gasteiger charge is -2.36. The molecule has 2 saturated heterocycles. The maximum Gasteiger partial charge on any atom is 0.245 e. The maximum atomic E-state index is 14.5. The Labute approximate surface area is 250 Å². The molecule has 0 unspecified atom stereocenters. The monoisotopic (exact) mass is 576 g/mol. The molecular formula is C34H48N4O4. The van der Waals surface area contributed by atoms with E-state index in [1.165, 1.54) is 11.1 Å². The van der Waals surface area contributed by atoms with E-state index in [0.717, 1.165) is 70.6 Å². The summed E-state index contributed by atoms with van der Waals surface area (Å²) in [4.78, 5) is 58.9. The van der Waals surface area contributed by atoms with Gasteiger partial charge in [-0.2, -0.15) is 0 Å². The Morgan fingerprint density at radius 1 is 0.929 bits per heavy atom. The molecule has 0 radical (unpaired) electrons. The first-order valence-electron chi connectivity index (χ1n) is 16.7. The molecule has 5 aliphatic rings. The minimum atomic E-state index is -0.576. The van der Waals surface area contributed by atoms with Gasteiger partial charge in [-0.1, -0.05) is 57.4 Å². The van der Waals surface area contributed by atoms with Crippen molar-refractivity contribution in [3.8, 4) is 0 Å². The van der Waals surface area contributed by atoms with E-state index in [-0.39, 0.29) is 59.5 Å². The zero-order valence-corrected chi connectivity index (χ0v) is 25.4. The standard InChI is InChI=1S/C34H48N4O4/c1-3-21(2)31(39)36-29(23-11-5-4-6-12-23)34(42)37-19-18-28-30(37)26(20-38(28)33(41)24-16-17-24)32(40)35-27-15-9-13-22-10-7-8-14-25(22)27/h7-8,10,14,21,23-24,26-30H,3-6,9,11-13,15-20H2,1-2H3,(H,35,40)(H,36,39)/t21-,26+,27-,28-,29+,30-/m1/s1. The molecule has 4 fully saturated rings. The van der Waals surface area contributed by atoms with E-state index in [9.17, 15) is 19.2 Å². The average Bonchev–Trinajstić information content (AvgIpc) is 3.68. The first-order chi connectivity index (χ1) is 20.4. The molecule has 8 heteroatoms. The number of nitrogens with zero attached hydrogens (tertiary/aromatic N) is 2. The number of nitrogens with one attached hydrogen (secondary N) is 2. The van der Waals surface area contributed by atoms with E-state index in [2.05, 4.69) is 28.8 Å². The van der Waals surface area contributed by atoms with Gasteiger partial charge < -0.3 is 20.4 Å². The highest BCUT2D eigenvalue weighted by Gasteiger charge is 2.56. The fourth-order valence-corrected chi connectivity index (χ4v) is 8.08. The van der Waals surface area contributed by atoms with Gasteiger partial charge in [0.1, 0.15) is 6.04 Å². The van der Waals surface area contributed by atoms with E-state index in [0.29, 0.717) is 19.5 Å². The molecule has 0 spiro atoms. The van der Waals surface area contributed by atoms with Gasteiger partial charge >= 0.3 is 0 Å². The molecule has 228 valence electrons. The highest BCUT2D eigenvalue weighted by atomic mass is 16.2. The molecule has 1 aromatic rings. The van der Waals surface area contributed by atoms with E-state index in [4.69, 9.17) is 0 Å². The fourth-order valence-electron chi connectivity index (χ4n) is 8.08. The fraction of sp³-hybridized carbons (Fsp3) is 0.706. The van der Waals surface area contributed by atoms with E-state index >= 15 is 0 Å². The van der Waals surface area contributed by atoms with Gasteiger partial charge in [0.15, 0.2) is 0 Å². The first-order valence-corrected chi connectivity index (χ1v) is 16.7. The summed E-state index contributed by atoms with van der Waals surface area (Å²) in [5, 5.41) is 6.52. The van der Waals surface area contributed by atoms with Crippen LogP contribution in [-0.2, 0) is 25.6 Å². The number of carbonyl (C=O) groups is 4. The van der Waals surface area contributed by atoms with Gasteiger partial charge in [-0.3, -0.25) is 19.2 Å². The number of hydrogen-bond acceptors (Lipinski definition) is 4. The van der Waals surface area contributed by atoms with Gasteiger partial charge in [-0.15, -0.1) is 0 Å². The van der Waals surface area contributed by atoms with Crippen molar-refractivity contribution in [3.63, 3.8) is 0 Å². The lowest BCUT2D eigenvalue weighted by Crippen LogP contribution is -2.57. The molecule has 2 heterocycles. The number of hydrogen-bond donors (Lipinski definition) is 2. The third-order valence-corrected chi connectivity index (χ3v) is 10.9. The Balaban J connectivity index is 1.26. The summed E-state index contributed by atoms with van der Waals surface area (Å²) in [6, 6.07) is 7.21. The second-order valence-corrected chi connectivity index (χ2v) is 13.6. The lowest BCUT2D eigenvalue weighted by atomic mass is 9.82. The van der Waals surface area contributed by atoms with Crippen LogP contribution in [0.5, 0.6) is 0 Å². The van der Waals surface area contributed by atoms with Gasteiger partial charge in [0.2, 0.25) is 23.6 Å². The molecule has 42 heavy (non-hydrogen) atoms. The predicted molar refractivity (Wildman–Crippen MR) is 160 cm³/mol. The molecule has 0 bridgehead atoms. The van der Waals surface area contributed by atoms with Crippen LogP contribution in [0.1, 0.15) is 102 Å². The molecule has 4 amide bonds. The summed E-state index contributed by atoms with van der Waals surface area (Å²) >= 11 is 0. The van der Waals surface area contributed by atoms with Crippen molar-refractivity contribution < 1.29 is 19.2 Å². The van der Waals surface area contributed by atoms with Crippen LogP contribution in [0.4, 0.5) is 0 Å². The second-order valence-electron chi connectivity index (χ2n) is 13.6. The highest BCUT2D eigenvalue weighted by molar-refractivity contribution is 5.91. The molecule has 2 aliphatic heterocycles. The van der Waals surface area contributed by atoms with Gasteiger partial charge in [0, 0.05) is 24.9 Å². The van der Waals surface area contributed by atoms with Crippen LogP contribution in [0.2, 0.25) is 0 Å². The SMILES string of the molecule is CC[C@@H](C)C(=O)N[C@H](C(=O)N1CC[C@@H]2[C@H]1[C@@H](C(=O)N[C@@H]1CCCc3ccccc31)CN2C(=O)C1CC1)C1CCCCC1. The van der Waals surface area contributed by atoms with Gasteiger partial charge in [0.05, 0.1) is 24.0 Å². The molecular weight excluding hydrogens is 528 g/mol. The van der Waals surface area contributed by atoms with Crippen LogP contribution in [0.3, 0.4) is 0 Å². The van der Waals surface area contributed by atoms with Crippen molar-refractivity contribution in [1.29, 1.82) is 0 Å². The van der Waals surface area contributed by atoms with Crippen molar-refractivity contribution in [2.24, 2.45) is 23.7 Å². The van der Waals surface area contributed by atoms with Crippen LogP contribution in [0.15, 0.2) is 24.3 Å². The van der Waals surface area contributed by atoms with E-state index in [1.54, 1.807) is 0 Å². The number of likely N-dealkylation sites (tertiary alicyclic amines) is 2. The number of benzene rings is 1. The van der Waals surface area contributed by atoms with Crippen LogP contribution >= 0.6 is 0 Å². The highest BCUT2D eigenvalue weighted by Crippen LogP contribution is 2.42. The minimum Gasteiger partial charge on any atom is -0.349 e. The Morgan fingerprint density at radius 3 is 2.43 bits per heavy atom. The number of amides is 4. The molecule has 1 aromatic carbocycles. The summed E-state index contributed by atoms with van der Waals surface area (Å²) in [5.74, 6) is -0.517. The Hall–Kier alpha value is -2.90.